The van der Waals surface area contributed by atoms with E-state index in [4.69, 9.17) is 11.6 Å². The van der Waals surface area contributed by atoms with E-state index in [1.807, 2.05) is 0 Å². The van der Waals surface area contributed by atoms with Crippen molar-refractivity contribution in [2.45, 2.75) is 27.7 Å². The van der Waals surface area contributed by atoms with Crippen molar-refractivity contribution < 1.29 is 4.79 Å². The number of amides is 1. The van der Waals surface area contributed by atoms with Crippen LogP contribution in [-0.2, 0) is 0 Å². The average molecular weight is 256 g/mol. The van der Waals surface area contributed by atoms with Gasteiger partial charge in [0.1, 0.15) is 10.8 Å². The molecule has 1 amide bonds. The molecule has 0 saturated heterocycles. The van der Waals surface area contributed by atoms with Crippen molar-refractivity contribution in [2.24, 2.45) is 11.3 Å². The number of nitrogens with zero attached hydrogens (tertiary/aromatic N) is 2. The minimum atomic E-state index is -0.217. The van der Waals surface area contributed by atoms with Gasteiger partial charge in [-0.2, -0.15) is 0 Å². The molecule has 1 aromatic heterocycles. The highest BCUT2D eigenvalue weighted by Gasteiger charge is 2.20. The first-order chi connectivity index (χ1) is 7.80. The molecule has 0 spiro atoms. The van der Waals surface area contributed by atoms with Gasteiger partial charge in [-0.3, -0.25) is 4.79 Å². The summed E-state index contributed by atoms with van der Waals surface area (Å²) in [5.74, 6) is 0.164. The Morgan fingerprint density at radius 3 is 2.53 bits per heavy atom. The number of nitrogens with one attached hydrogen (secondary N) is 1. The number of aromatic nitrogens is 2. The molecular weight excluding hydrogens is 238 g/mol. The topological polar surface area (TPSA) is 54.9 Å². The van der Waals surface area contributed by atoms with Crippen molar-refractivity contribution in [2.75, 3.05) is 6.54 Å². The third-order valence-corrected chi connectivity index (χ3v) is 3.10. The summed E-state index contributed by atoms with van der Waals surface area (Å²) in [7, 11) is 0. The molecular formula is C12H18ClN3O. The highest BCUT2D eigenvalue weighted by molar-refractivity contribution is 6.29. The Morgan fingerprint density at radius 1 is 1.41 bits per heavy atom. The molecule has 0 bridgehead atoms. The zero-order valence-electron chi connectivity index (χ0n) is 10.6. The number of rotatable bonds is 3. The zero-order valence-corrected chi connectivity index (χ0v) is 11.4. The molecule has 0 radical (unpaired) electrons. The van der Waals surface area contributed by atoms with E-state index in [1.165, 1.54) is 12.4 Å². The van der Waals surface area contributed by atoms with Gasteiger partial charge in [0.25, 0.3) is 5.91 Å². The van der Waals surface area contributed by atoms with Crippen LogP contribution in [0.15, 0.2) is 12.4 Å². The third-order valence-electron chi connectivity index (χ3n) is 2.90. The molecule has 17 heavy (non-hydrogen) atoms. The second-order valence-electron chi connectivity index (χ2n) is 5.20. The highest BCUT2D eigenvalue weighted by atomic mass is 35.5. The van der Waals surface area contributed by atoms with E-state index in [0.717, 1.165) is 0 Å². The lowest BCUT2D eigenvalue weighted by Crippen LogP contribution is -2.34. The number of carbonyl (C=O) groups excluding carboxylic acids is 1. The monoisotopic (exact) mass is 255 g/mol. The molecule has 0 aliphatic rings. The Bertz CT molecular complexity index is 384. The minimum Gasteiger partial charge on any atom is -0.350 e. The van der Waals surface area contributed by atoms with Crippen LogP contribution in [0.1, 0.15) is 38.2 Å². The fourth-order valence-electron chi connectivity index (χ4n) is 1.07. The molecule has 0 saturated carbocycles. The third kappa shape index (κ3) is 4.30. The molecule has 4 nitrogen and oxygen atoms in total. The van der Waals surface area contributed by atoms with Crippen LogP contribution < -0.4 is 5.32 Å². The van der Waals surface area contributed by atoms with Crippen molar-refractivity contribution in [1.82, 2.24) is 15.3 Å². The van der Waals surface area contributed by atoms with Crippen LogP contribution in [0.3, 0.4) is 0 Å². The zero-order chi connectivity index (χ0) is 13.1. The summed E-state index contributed by atoms with van der Waals surface area (Å²) in [5, 5.41) is 3.12. The lowest BCUT2D eigenvalue weighted by molar-refractivity contribution is 0.0931. The largest absolute Gasteiger partial charge is 0.350 e. The Balaban J connectivity index is 2.53. The first kappa shape index (κ1) is 13.9. The van der Waals surface area contributed by atoms with Crippen molar-refractivity contribution in [3.8, 4) is 0 Å². The molecule has 1 N–H and O–H groups in total. The Hall–Kier alpha value is -1.16. The van der Waals surface area contributed by atoms with Crippen LogP contribution in [0.2, 0.25) is 5.15 Å². The van der Waals surface area contributed by atoms with Crippen LogP contribution in [0.4, 0.5) is 0 Å². The molecule has 0 aliphatic heterocycles. The molecule has 5 heteroatoms. The maximum absolute atomic E-state index is 11.7. The predicted molar refractivity (Wildman–Crippen MR) is 68.0 cm³/mol. The Labute approximate surface area is 107 Å². The van der Waals surface area contributed by atoms with Crippen molar-refractivity contribution in [1.29, 1.82) is 0 Å². The second-order valence-corrected chi connectivity index (χ2v) is 5.59. The van der Waals surface area contributed by atoms with Gasteiger partial charge in [0.2, 0.25) is 0 Å². The summed E-state index contributed by atoms with van der Waals surface area (Å²) < 4.78 is 0. The quantitative estimate of drug-likeness (QED) is 0.903. The minimum absolute atomic E-state index is 0.166. The van der Waals surface area contributed by atoms with E-state index in [0.29, 0.717) is 12.5 Å². The molecule has 1 unspecified atom stereocenters. The van der Waals surface area contributed by atoms with Crippen LogP contribution in [0.25, 0.3) is 0 Å². The van der Waals surface area contributed by atoms with Gasteiger partial charge >= 0.3 is 0 Å². The summed E-state index contributed by atoms with van der Waals surface area (Å²) in [6, 6.07) is 0. The number of hydrogen-bond donors (Lipinski definition) is 1. The Morgan fingerprint density at radius 2 is 2.06 bits per heavy atom. The SMILES string of the molecule is CC(CNC(=O)c1cnc(Cl)cn1)C(C)(C)C. The van der Waals surface area contributed by atoms with Crippen LogP contribution in [-0.4, -0.2) is 22.4 Å². The maximum Gasteiger partial charge on any atom is 0.271 e. The summed E-state index contributed by atoms with van der Waals surface area (Å²) in [5.41, 5.74) is 0.453. The second kappa shape index (κ2) is 5.45. The molecule has 0 fully saturated rings. The van der Waals surface area contributed by atoms with Crippen molar-refractivity contribution in [3.63, 3.8) is 0 Å². The molecule has 1 rings (SSSR count). The van der Waals surface area contributed by atoms with Gasteiger partial charge in [0, 0.05) is 6.54 Å². The van der Waals surface area contributed by atoms with Gasteiger partial charge in [-0.25, -0.2) is 9.97 Å². The fraction of sp³-hybridized carbons (Fsp3) is 0.583. The lowest BCUT2D eigenvalue weighted by Gasteiger charge is -2.27. The van der Waals surface area contributed by atoms with Crippen molar-refractivity contribution in [3.05, 3.63) is 23.2 Å². The van der Waals surface area contributed by atoms with E-state index in [1.54, 1.807) is 0 Å². The molecule has 1 aromatic rings. The first-order valence-electron chi connectivity index (χ1n) is 5.56. The van der Waals surface area contributed by atoms with Crippen LogP contribution in [0, 0.1) is 11.3 Å². The summed E-state index contributed by atoms with van der Waals surface area (Å²) in [4.78, 5) is 19.5. The van der Waals surface area contributed by atoms with Gasteiger partial charge < -0.3 is 5.32 Å². The summed E-state index contributed by atoms with van der Waals surface area (Å²) in [6.07, 6.45) is 2.74. The lowest BCUT2D eigenvalue weighted by atomic mass is 9.82. The molecule has 1 heterocycles. The highest BCUT2D eigenvalue weighted by Crippen LogP contribution is 2.24. The number of hydrogen-bond acceptors (Lipinski definition) is 3. The first-order valence-corrected chi connectivity index (χ1v) is 5.94. The predicted octanol–water partition coefficient (Wildman–Crippen LogP) is 2.54. The summed E-state index contributed by atoms with van der Waals surface area (Å²) in [6.45, 7) is 9.16. The van der Waals surface area contributed by atoms with E-state index in [-0.39, 0.29) is 22.2 Å². The van der Waals surface area contributed by atoms with Gasteiger partial charge in [0.15, 0.2) is 0 Å². The Kier molecular flexibility index (Phi) is 4.46. The average Bonchev–Trinajstić information content (AvgIpc) is 2.25. The smallest absolute Gasteiger partial charge is 0.271 e. The standard InChI is InChI=1S/C12H18ClN3O/c1-8(12(2,3)4)5-16-11(17)9-6-15-10(13)7-14-9/h6-8H,5H2,1-4H3,(H,16,17). The maximum atomic E-state index is 11.7. The van der Waals surface area contributed by atoms with E-state index in [9.17, 15) is 4.79 Å². The van der Waals surface area contributed by atoms with Gasteiger partial charge in [-0.05, 0) is 11.3 Å². The van der Waals surface area contributed by atoms with Gasteiger partial charge in [0.05, 0.1) is 12.4 Å². The summed E-state index contributed by atoms with van der Waals surface area (Å²) >= 11 is 5.60. The number of halogens is 1. The fourth-order valence-corrected chi connectivity index (χ4v) is 1.17. The molecule has 0 aromatic carbocycles. The normalized spacial score (nSPS) is 13.2. The van der Waals surface area contributed by atoms with Crippen LogP contribution in [0.5, 0.6) is 0 Å². The van der Waals surface area contributed by atoms with Crippen molar-refractivity contribution >= 4 is 17.5 Å². The number of carbonyl (C=O) groups is 1. The molecule has 0 aliphatic carbocycles. The molecule has 94 valence electrons. The van der Waals surface area contributed by atoms with E-state index < -0.39 is 0 Å². The van der Waals surface area contributed by atoms with E-state index in [2.05, 4.69) is 43.0 Å². The molecule has 1 atom stereocenters. The van der Waals surface area contributed by atoms with Gasteiger partial charge in [-0.1, -0.05) is 39.3 Å². The van der Waals surface area contributed by atoms with E-state index >= 15 is 0 Å². The van der Waals surface area contributed by atoms with Gasteiger partial charge in [-0.15, -0.1) is 0 Å². The van der Waals surface area contributed by atoms with Crippen LogP contribution >= 0.6 is 11.6 Å².